The van der Waals surface area contributed by atoms with Crippen molar-refractivity contribution < 1.29 is 0 Å². The summed E-state index contributed by atoms with van der Waals surface area (Å²) in [6.07, 6.45) is 0. The minimum absolute atomic E-state index is 0.862. The third kappa shape index (κ3) is 1.25. The Kier molecular flexibility index (Phi) is 1.87. The molecule has 0 atom stereocenters. The van der Waals surface area contributed by atoms with Crippen molar-refractivity contribution >= 4 is 27.0 Å². The Balaban J connectivity index is 2.97. The van der Waals surface area contributed by atoms with E-state index in [2.05, 4.69) is 32.9 Å². The first-order valence-corrected chi connectivity index (χ1v) is 4.85. The molecule has 13 heavy (non-hydrogen) atoms. The van der Waals surface area contributed by atoms with Gasteiger partial charge in [-0.25, -0.2) is 4.98 Å². The monoisotopic (exact) mass is 239 g/mol. The van der Waals surface area contributed by atoms with Gasteiger partial charge in [0.2, 0.25) is 0 Å². The van der Waals surface area contributed by atoms with Crippen LogP contribution in [0, 0.1) is 13.8 Å². The zero-order valence-electron chi connectivity index (χ0n) is 7.80. The molecule has 0 aliphatic carbocycles. The van der Waals surface area contributed by atoms with Gasteiger partial charge in [-0.05, 0) is 41.4 Å². The summed E-state index contributed by atoms with van der Waals surface area (Å²) in [4.78, 5) is 4.37. The fourth-order valence-corrected chi connectivity index (χ4v) is 2.13. The van der Waals surface area contributed by atoms with E-state index in [1.807, 2.05) is 24.7 Å². The Hall–Kier alpha value is -0.900. The lowest BCUT2D eigenvalue weighted by Gasteiger charge is -1.98. The molecule has 0 saturated heterocycles. The van der Waals surface area contributed by atoms with Crippen LogP contribution in [0.2, 0.25) is 0 Å². The van der Waals surface area contributed by atoms with Crippen molar-refractivity contribution in [3.63, 3.8) is 0 Å². The van der Waals surface area contributed by atoms with E-state index in [1.54, 1.807) is 0 Å². The highest BCUT2D eigenvalue weighted by molar-refractivity contribution is 9.10. The average Bonchev–Trinajstić information content (AvgIpc) is 2.27. The predicted octanol–water partition coefficient (Wildman–Crippen LogP) is 2.35. The molecule has 68 valence electrons. The third-order valence-corrected chi connectivity index (χ3v) is 2.54. The molecule has 2 aromatic heterocycles. The van der Waals surface area contributed by atoms with E-state index in [4.69, 9.17) is 0 Å². The Morgan fingerprint density at radius 1 is 1.38 bits per heavy atom. The number of halogens is 1. The second kappa shape index (κ2) is 2.80. The Bertz CT molecular complexity index is 473. The van der Waals surface area contributed by atoms with Crippen molar-refractivity contribution in [3.8, 4) is 0 Å². The fraction of sp³-hybridized carbons (Fsp3) is 0.333. The molecule has 0 radical (unpaired) electrons. The summed E-state index contributed by atoms with van der Waals surface area (Å²) in [6.45, 7) is 4.08. The molecule has 0 saturated carbocycles. The van der Waals surface area contributed by atoms with Crippen LogP contribution < -0.4 is 0 Å². The van der Waals surface area contributed by atoms with Crippen molar-refractivity contribution in [1.29, 1.82) is 0 Å². The van der Waals surface area contributed by atoms with Crippen molar-refractivity contribution in [1.82, 2.24) is 14.8 Å². The summed E-state index contributed by atoms with van der Waals surface area (Å²) in [7, 11) is 1.91. The SMILES string of the molecule is Cc1cc(Br)nc2c1c(C)nn2C. The van der Waals surface area contributed by atoms with Gasteiger partial charge in [0.1, 0.15) is 4.60 Å². The maximum absolute atomic E-state index is 4.37. The molecule has 0 amide bonds. The van der Waals surface area contributed by atoms with Crippen LogP contribution in [0.15, 0.2) is 10.7 Å². The lowest BCUT2D eigenvalue weighted by molar-refractivity contribution is 0.773. The largest absolute Gasteiger partial charge is 0.250 e. The minimum Gasteiger partial charge on any atom is -0.250 e. The van der Waals surface area contributed by atoms with E-state index in [0.29, 0.717) is 0 Å². The second-order valence-corrected chi connectivity index (χ2v) is 3.98. The van der Waals surface area contributed by atoms with Gasteiger partial charge in [0.25, 0.3) is 0 Å². The molecule has 0 spiro atoms. The molecule has 0 aliphatic rings. The Morgan fingerprint density at radius 3 is 2.77 bits per heavy atom. The van der Waals surface area contributed by atoms with Gasteiger partial charge in [-0.15, -0.1) is 0 Å². The van der Waals surface area contributed by atoms with E-state index < -0.39 is 0 Å². The molecule has 3 nitrogen and oxygen atoms in total. The number of hydrogen-bond acceptors (Lipinski definition) is 2. The van der Waals surface area contributed by atoms with Crippen LogP contribution in [0.25, 0.3) is 11.0 Å². The number of aromatic nitrogens is 3. The summed E-state index contributed by atoms with van der Waals surface area (Å²) in [5, 5.41) is 5.48. The average molecular weight is 240 g/mol. The van der Waals surface area contributed by atoms with Gasteiger partial charge >= 0.3 is 0 Å². The number of nitrogens with zero attached hydrogens (tertiary/aromatic N) is 3. The molecule has 0 aromatic carbocycles. The van der Waals surface area contributed by atoms with Crippen molar-refractivity contribution in [3.05, 3.63) is 21.9 Å². The van der Waals surface area contributed by atoms with Crippen LogP contribution >= 0.6 is 15.9 Å². The van der Waals surface area contributed by atoms with Crippen molar-refractivity contribution in [2.24, 2.45) is 7.05 Å². The second-order valence-electron chi connectivity index (χ2n) is 3.17. The summed E-state index contributed by atoms with van der Waals surface area (Å²) in [5.74, 6) is 0. The highest BCUT2D eigenvalue weighted by atomic mass is 79.9. The van der Waals surface area contributed by atoms with E-state index in [9.17, 15) is 0 Å². The van der Waals surface area contributed by atoms with Gasteiger partial charge in [-0.1, -0.05) is 0 Å². The number of aryl methyl sites for hydroxylation is 3. The zero-order chi connectivity index (χ0) is 9.59. The van der Waals surface area contributed by atoms with Gasteiger partial charge in [0, 0.05) is 12.4 Å². The Morgan fingerprint density at radius 2 is 2.08 bits per heavy atom. The molecule has 2 aromatic rings. The van der Waals surface area contributed by atoms with Crippen molar-refractivity contribution in [2.75, 3.05) is 0 Å². The lowest BCUT2D eigenvalue weighted by Crippen LogP contribution is -1.92. The summed E-state index contributed by atoms with van der Waals surface area (Å²) < 4.78 is 2.67. The molecule has 2 rings (SSSR count). The molecule has 0 unspecified atom stereocenters. The van der Waals surface area contributed by atoms with E-state index in [0.717, 1.165) is 21.3 Å². The smallest absolute Gasteiger partial charge is 0.159 e. The normalized spacial score (nSPS) is 11.1. The van der Waals surface area contributed by atoms with Gasteiger partial charge in [-0.3, -0.25) is 4.68 Å². The van der Waals surface area contributed by atoms with E-state index in [1.165, 1.54) is 5.56 Å². The number of pyridine rings is 1. The minimum atomic E-state index is 0.862. The first kappa shape index (κ1) is 8.69. The van der Waals surface area contributed by atoms with Crippen LogP contribution in [-0.4, -0.2) is 14.8 Å². The number of rotatable bonds is 0. The molecule has 0 aliphatic heterocycles. The summed E-state index contributed by atoms with van der Waals surface area (Å²) >= 11 is 3.37. The van der Waals surface area contributed by atoms with Gasteiger partial charge in [0.15, 0.2) is 5.65 Å². The molecule has 2 heterocycles. The fourth-order valence-electron chi connectivity index (χ4n) is 1.62. The number of fused-ring (bicyclic) bond motifs is 1. The van der Waals surface area contributed by atoms with Crippen LogP contribution in [0.4, 0.5) is 0 Å². The first-order chi connectivity index (χ1) is 6.09. The standard InChI is InChI=1S/C9H10BrN3/c1-5-4-7(10)11-9-8(5)6(2)12-13(9)3/h4H,1-3H3. The predicted molar refractivity (Wildman–Crippen MR) is 55.7 cm³/mol. The quantitative estimate of drug-likeness (QED) is 0.662. The molecule has 0 N–H and O–H groups in total. The topological polar surface area (TPSA) is 30.7 Å². The van der Waals surface area contributed by atoms with Crippen LogP contribution in [0.1, 0.15) is 11.3 Å². The molecular weight excluding hydrogens is 230 g/mol. The molecule has 0 fully saturated rings. The van der Waals surface area contributed by atoms with Gasteiger partial charge in [0.05, 0.1) is 5.69 Å². The van der Waals surface area contributed by atoms with E-state index in [-0.39, 0.29) is 0 Å². The highest BCUT2D eigenvalue weighted by Crippen LogP contribution is 2.22. The highest BCUT2D eigenvalue weighted by Gasteiger charge is 2.09. The molecule has 4 heteroatoms. The van der Waals surface area contributed by atoms with Crippen LogP contribution in [0.3, 0.4) is 0 Å². The lowest BCUT2D eigenvalue weighted by atomic mass is 10.2. The maximum atomic E-state index is 4.37. The van der Waals surface area contributed by atoms with Crippen LogP contribution in [0.5, 0.6) is 0 Å². The first-order valence-electron chi connectivity index (χ1n) is 4.06. The molecule has 0 bridgehead atoms. The third-order valence-electron chi connectivity index (χ3n) is 2.13. The number of hydrogen-bond donors (Lipinski definition) is 0. The van der Waals surface area contributed by atoms with Gasteiger partial charge < -0.3 is 0 Å². The van der Waals surface area contributed by atoms with E-state index >= 15 is 0 Å². The van der Waals surface area contributed by atoms with Crippen LogP contribution in [-0.2, 0) is 7.05 Å². The summed E-state index contributed by atoms with van der Waals surface area (Å²) in [6, 6.07) is 2.01. The zero-order valence-corrected chi connectivity index (χ0v) is 9.38. The maximum Gasteiger partial charge on any atom is 0.159 e. The van der Waals surface area contributed by atoms with Gasteiger partial charge in [-0.2, -0.15) is 5.10 Å². The van der Waals surface area contributed by atoms with Crippen molar-refractivity contribution in [2.45, 2.75) is 13.8 Å². The Labute approximate surface area is 84.9 Å². The molecular formula is C9H10BrN3. The summed E-state index contributed by atoms with van der Waals surface area (Å²) in [5.41, 5.74) is 3.18.